The summed E-state index contributed by atoms with van der Waals surface area (Å²) in [6, 6.07) is 3.11. The van der Waals surface area contributed by atoms with Crippen LogP contribution in [0.5, 0.6) is 0 Å². The van der Waals surface area contributed by atoms with E-state index in [4.69, 9.17) is 11.5 Å². The summed E-state index contributed by atoms with van der Waals surface area (Å²) in [4.78, 5) is 23.3. The fraction of sp³-hybridized carbons (Fsp3) is 0.385. The van der Waals surface area contributed by atoms with Crippen molar-refractivity contribution in [2.45, 2.75) is 31.6 Å². The van der Waals surface area contributed by atoms with Crippen LogP contribution in [0.3, 0.4) is 0 Å². The van der Waals surface area contributed by atoms with Crippen molar-refractivity contribution in [3.05, 3.63) is 35.4 Å². The molecule has 1 aromatic rings. The van der Waals surface area contributed by atoms with Crippen molar-refractivity contribution in [1.82, 2.24) is 5.32 Å². The molecule has 1 unspecified atom stereocenters. The number of nitrogens with two attached hydrogens (primary N) is 2. The SMILES string of the molecule is C[C@H](N)C(=O)NC(C)(C(N)=O)c1cccc(C(F)(F)F)c1. The molecule has 0 aromatic heterocycles. The molecule has 5 nitrogen and oxygen atoms in total. The van der Waals surface area contributed by atoms with Crippen molar-refractivity contribution in [1.29, 1.82) is 0 Å². The Morgan fingerprint density at radius 1 is 1.24 bits per heavy atom. The Balaban J connectivity index is 3.29. The summed E-state index contributed by atoms with van der Waals surface area (Å²) in [5, 5.41) is 2.28. The zero-order valence-corrected chi connectivity index (χ0v) is 11.5. The summed E-state index contributed by atoms with van der Waals surface area (Å²) < 4.78 is 38.2. The summed E-state index contributed by atoms with van der Waals surface area (Å²) in [5.74, 6) is -1.69. The molecule has 1 rings (SSSR count). The highest BCUT2D eigenvalue weighted by molar-refractivity contribution is 5.92. The van der Waals surface area contributed by atoms with Gasteiger partial charge in [-0.25, -0.2) is 0 Å². The first-order valence-electron chi connectivity index (χ1n) is 6.03. The second-order valence-corrected chi connectivity index (χ2v) is 4.85. The molecule has 0 fully saturated rings. The minimum absolute atomic E-state index is 0.0705. The molecule has 0 radical (unpaired) electrons. The predicted molar refractivity (Wildman–Crippen MR) is 69.8 cm³/mol. The molecule has 116 valence electrons. The summed E-state index contributed by atoms with van der Waals surface area (Å²) >= 11 is 0. The van der Waals surface area contributed by atoms with Crippen LogP contribution in [0.15, 0.2) is 24.3 Å². The van der Waals surface area contributed by atoms with Gasteiger partial charge in [0.05, 0.1) is 11.6 Å². The highest BCUT2D eigenvalue weighted by Gasteiger charge is 2.38. The molecule has 1 aromatic carbocycles. The summed E-state index contributed by atoms with van der Waals surface area (Å²) in [6.07, 6.45) is -4.57. The summed E-state index contributed by atoms with van der Waals surface area (Å²) in [5.41, 5.74) is 7.81. The topological polar surface area (TPSA) is 98.2 Å². The molecule has 0 heterocycles. The van der Waals surface area contributed by atoms with Gasteiger partial charge in [0.1, 0.15) is 5.54 Å². The lowest BCUT2D eigenvalue weighted by atomic mass is 9.89. The van der Waals surface area contributed by atoms with Crippen LogP contribution in [0.25, 0.3) is 0 Å². The number of hydrogen-bond acceptors (Lipinski definition) is 3. The zero-order chi connectivity index (χ0) is 16.4. The molecule has 0 aliphatic carbocycles. The molecular formula is C13H16F3N3O2. The Morgan fingerprint density at radius 2 is 1.76 bits per heavy atom. The van der Waals surface area contributed by atoms with Gasteiger partial charge in [0.2, 0.25) is 11.8 Å². The number of halogens is 3. The summed E-state index contributed by atoms with van der Waals surface area (Å²) in [7, 11) is 0. The first-order valence-corrected chi connectivity index (χ1v) is 6.03. The van der Waals surface area contributed by atoms with Gasteiger partial charge >= 0.3 is 6.18 Å². The molecule has 0 bridgehead atoms. The van der Waals surface area contributed by atoms with Gasteiger partial charge in [0.25, 0.3) is 0 Å². The first-order chi connectivity index (χ1) is 9.48. The predicted octanol–water partition coefficient (Wildman–Crippen LogP) is 0.869. The van der Waals surface area contributed by atoms with E-state index >= 15 is 0 Å². The van der Waals surface area contributed by atoms with Crippen molar-refractivity contribution in [2.24, 2.45) is 11.5 Å². The molecule has 8 heteroatoms. The van der Waals surface area contributed by atoms with Gasteiger partial charge in [-0.1, -0.05) is 12.1 Å². The van der Waals surface area contributed by atoms with E-state index in [2.05, 4.69) is 5.32 Å². The van der Waals surface area contributed by atoms with E-state index in [1.165, 1.54) is 19.9 Å². The molecule has 0 aliphatic rings. The average molecular weight is 303 g/mol. The minimum Gasteiger partial charge on any atom is -0.367 e. The smallest absolute Gasteiger partial charge is 0.367 e. The maximum absolute atomic E-state index is 12.7. The Labute approximate surface area is 119 Å². The Hall–Kier alpha value is -2.09. The van der Waals surface area contributed by atoms with Crippen LogP contribution < -0.4 is 16.8 Å². The molecule has 5 N–H and O–H groups in total. The van der Waals surface area contributed by atoms with E-state index < -0.39 is 35.1 Å². The monoisotopic (exact) mass is 303 g/mol. The largest absolute Gasteiger partial charge is 0.416 e. The van der Waals surface area contributed by atoms with Gasteiger partial charge in [0, 0.05) is 0 Å². The molecule has 2 amide bonds. The van der Waals surface area contributed by atoms with Crippen LogP contribution in [0.4, 0.5) is 13.2 Å². The average Bonchev–Trinajstić information content (AvgIpc) is 2.37. The van der Waals surface area contributed by atoms with Gasteiger partial charge in [-0.3, -0.25) is 9.59 Å². The van der Waals surface area contributed by atoms with Gasteiger partial charge in [-0.2, -0.15) is 13.2 Å². The molecular weight excluding hydrogens is 287 g/mol. The lowest BCUT2D eigenvalue weighted by Gasteiger charge is -2.29. The lowest BCUT2D eigenvalue weighted by Crippen LogP contribution is -2.56. The third-order valence-electron chi connectivity index (χ3n) is 3.05. The molecule has 0 saturated heterocycles. The number of benzene rings is 1. The fourth-order valence-electron chi connectivity index (χ4n) is 1.64. The number of hydrogen-bond donors (Lipinski definition) is 3. The maximum atomic E-state index is 12.7. The third kappa shape index (κ3) is 3.72. The van der Waals surface area contributed by atoms with Crippen molar-refractivity contribution in [3.63, 3.8) is 0 Å². The van der Waals surface area contributed by atoms with E-state index in [9.17, 15) is 22.8 Å². The number of amides is 2. The second-order valence-electron chi connectivity index (χ2n) is 4.85. The van der Waals surface area contributed by atoms with E-state index in [0.29, 0.717) is 0 Å². The van der Waals surface area contributed by atoms with Gasteiger partial charge in [-0.05, 0) is 31.5 Å². The first kappa shape index (κ1) is 17.0. The lowest BCUT2D eigenvalue weighted by molar-refractivity contribution is -0.138. The Bertz CT molecular complexity index is 558. The normalized spacial score (nSPS) is 15.9. The van der Waals surface area contributed by atoms with Crippen molar-refractivity contribution >= 4 is 11.8 Å². The molecule has 21 heavy (non-hydrogen) atoms. The highest BCUT2D eigenvalue weighted by atomic mass is 19.4. The number of rotatable bonds is 4. The van der Waals surface area contributed by atoms with Crippen LogP contribution in [-0.2, 0) is 21.3 Å². The van der Waals surface area contributed by atoms with Crippen LogP contribution >= 0.6 is 0 Å². The number of carbonyl (C=O) groups excluding carboxylic acids is 2. The Morgan fingerprint density at radius 3 is 2.19 bits per heavy atom. The second kappa shape index (κ2) is 5.72. The Kier molecular flexibility index (Phi) is 4.62. The van der Waals surface area contributed by atoms with Crippen LogP contribution in [0, 0.1) is 0 Å². The standard InChI is InChI=1S/C13H16F3N3O2/c1-7(17)10(20)19-12(2,11(18)21)8-4-3-5-9(6-8)13(14,15)16/h3-7H,17H2,1-2H3,(H2,18,21)(H,19,20)/t7-,12?/m0/s1. The number of primary amides is 1. The van der Waals surface area contributed by atoms with Gasteiger partial charge in [-0.15, -0.1) is 0 Å². The van der Waals surface area contributed by atoms with E-state index in [-0.39, 0.29) is 5.56 Å². The minimum atomic E-state index is -4.57. The quantitative estimate of drug-likeness (QED) is 0.769. The maximum Gasteiger partial charge on any atom is 0.416 e. The molecule has 0 saturated carbocycles. The third-order valence-corrected chi connectivity index (χ3v) is 3.05. The van der Waals surface area contributed by atoms with Crippen molar-refractivity contribution in [3.8, 4) is 0 Å². The number of carbonyl (C=O) groups is 2. The van der Waals surface area contributed by atoms with Gasteiger partial charge in [0.15, 0.2) is 0 Å². The van der Waals surface area contributed by atoms with E-state index in [1.807, 2.05) is 0 Å². The van der Waals surface area contributed by atoms with Crippen molar-refractivity contribution in [2.75, 3.05) is 0 Å². The summed E-state index contributed by atoms with van der Waals surface area (Å²) in [6.45, 7) is 2.61. The van der Waals surface area contributed by atoms with Gasteiger partial charge < -0.3 is 16.8 Å². The van der Waals surface area contributed by atoms with Crippen molar-refractivity contribution < 1.29 is 22.8 Å². The van der Waals surface area contributed by atoms with E-state index in [1.54, 1.807) is 0 Å². The number of alkyl halides is 3. The van der Waals surface area contributed by atoms with Crippen LogP contribution in [0.1, 0.15) is 25.0 Å². The molecule has 0 aliphatic heterocycles. The molecule has 0 spiro atoms. The highest BCUT2D eigenvalue weighted by Crippen LogP contribution is 2.32. The van der Waals surface area contributed by atoms with Crippen LogP contribution in [0.2, 0.25) is 0 Å². The van der Waals surface area contributed by atoms with Crippen LogP contribution in [-0.4, -0.2) is 17.9 Å². The van der Waals surface area contributed by atoms with E-state index in [0.717, 1.165) is 18.2 Å². The molecule has 2 atom stereocenters. The fourth-order valence-corrected chi connectivity index (χ4v) is 1.64. The number of nitrogens with one attached hydrogen (secondary N) is 1. The zero-order valence-electron chi connectivity index (χ0n) is 11.5.